The summed E-state index contributed by atoms with van der Waals surface area (Å²) in [6.07, 6.45) is 2.17. The van der Waals surface area contributed by atoms with Gasteiger partial charge in [0, 0.05) is 11.6 Å². The van der Waals surface area contributed by atoms with Crippen LogP contribution in [-0.4, -0.2) is 47.4 Å². The molecule has 1 aliphatic heterocycles. The minimum absolute atomic E-state index is 0.0313. The van der Waals surface area contributed by atoms with Gasteiger partial charge in [-0.25, -0.2) is 0 Å². The lowest BCUT2D eigenvalue weighted by molar-refractivity contribution is -0.0125. The van der Waals surface area contributed by atoms with E-state index in [0.717, 1.165) is 5.56 Å². The predicted octanol–water partition coefficient (Wildman–Crippen LogP) is 3.86. The van der Waals surface area contributed by atoms with Crippen LogP contribution in [0.25, 0.3) is 12.2 Å². The zero-order valence-corrected chi connectivity index (χ0v) is 18.1. The van der Waals surface area contributed by atoms with Gasteiger partial charge in [-0.05, 0) is 47.5 Å². The Morgan fingerprint density at radius 2 is 1.42 bits per heavy atom. The number of rotatable bonds is 6. The van der Waals surface area contributed by atoms with Gasteiger partial charge < -0.3 is 39.4 Å². The van der Waals surface area contributed by atoms with Crippen LogP contribution < -0.4 is 18.9 Å². The second kappa shape index (κ2) is 9.22. The Kier molecular flexibility index (Phi) is 6.19. The lowest BCUT2D eigenvalue weighted by Gasteiger charge is -2.33. The average molecular weight is 452 g/mol. The molecule has 3 aromatic rings. The Morgan fingerprint density at radius 3 is 2.03 bits per heavy atom. The van der Waals surface area contributed by atoms with Gasteiger partial charge in [-0.15, -0.1) is 0 Å². The first-order chi connectivity index (χ1) is 15.9. The highest BCUT2D eigenvalue weighted by molar-refractivity contribution is 5.72. The molecule has 1 aliphatic rings. The molecule has 0 aromatic heterocycles. The zero-order chi connectivity index (χ0) is 23.5. The van der Waals surface area contributed by atoms with Gasteiger partial charge >= 0.3 is 0 Å². The summed E-state index contributed by atoms with van der Waals surface area (Å²) in [5.74, 6) is 1.19. The molecule has 0 fully saturated rings. The summed E-state index contributed by atoms with van der Waals surface area (Å²) < 4.78 is 22.6. The van der Waals surface area contributed by atoms with Crippen LogP contribution >= 0.6 is 0 Å². The summed E-state index contributed by atoms with van der Waals surface area (Å²) >= 11 is 0. The molecule has 33 heavy (non-hydrogen) atoms. The number of aromatic hydroxyl groups is 3. The number of aliphatic hydroxyl groups excluding tert-OH is 1. The maximum atomic E-state index is 10.2. The maximum Gasteiger partial charge on any atom is 0.200 e. The number of phenolic OH excluding ortho intramolecular Hbond substituents is 3. The number of hydrogen-bond acceptors (Lipinski definition) is 8. The highest BCUT2D eigenvalue weighted by Crippen LogP contribution is 2.44. The maximum absolute atomic E-state index is 10.2. The van der Waals surface area contributed by atoms with Crippen LogP contribution in [0.4, 0.5) is 0 Å². The topological polar surface area (TPSA) is 118 Å². The van der Waals surface area contributed by atoms with Crippen molar-refractivity contribution in [1.82, 2.24) is 0 Å². The van der Waals surface area contributed by atoms with Crippen molar-refractivity contribution in [3.8, 4) is 40.2 Å². The van der Waals surface area contributed by atoms with Crippen LogP contribution in [0.3, 0.4) is 0 Å². The first-order valence-corrected chi connectivity index (χ1v) is 10.2. The van der Waals surface area contributed by atoms with Gasteiger partial charge in [0.05, 0.1) is 20.8 Å². The van der Waals surface area contributed by atoms with Crippen molar-refractivity contribution >= 4 is 12.2 Å². The van der Waals surface area contributed by atoms with Gasteiger partial charge in [-0.3, -0.25) is 0 Å². The summed E-state index contributed by atoms with van der Waals surface area (Å²) in [5, 5.41) is 39.4. The number of aliphatic hydroxyl groups is 1. The molecular formula is C25H24O8. The van der Waals surface area contributed by atoms with E-state index in [4.69, 9.17) is 18.9 Å². The van der Waals surface area contributed by atoms with Crippen LogP contribution in [0.1, 0.15) is 22.8 Å². The summed E-state index contributed by atoms with van der Waals surface area (Å²) in [6, 6.07) is 12.9. The number of phenols is 3. The van der Waals surface area contributed by atoms with Crippen LogP contribution in [-0.2, 0) is 0 Å². The molecule has 172 valence electrons. The van der Waals surface area contributed by atoms with Crippen molar-refractivity contribution in [2.75, 3.05) is 20.8 Å². The lowest BCUT2D eigenvalue weighted by atomic mass is 10.0. The van der Waals surface area contributed by atoms with Gasteiger partial charge in [-0.2, -0.15) is 0 Å². The first-order valence-electron chi connectivity index (χ1n) is 10.2. The van der Waals surface area contributed by atoms with Gasteiger partial charge in [0.1, 0.15) is 11.5 Å². The molecule has 0 spiro atoms. The Morgan fingerprint density at radius 1 is 0.788 bits per heavy atom. The second-order valence-corrected chi connectivity index (χ2v) is 7.47. The van der Waals surface area contributed by atoms with Crippen LogP contribution in [0.5, 0.6) is 40.2 Å². The normalized spacial score (nSPS) is 17.2. The van der Waals surface area contributed by atoms with E-state index in [1.54, 1.807) is 36.4 Å². The molecule has 0 bridgehead atoms. The van der Waals surface area contributed by atoms with Gasteiger partial charge in [-0.1, -0.05) is 18.2 Å². The molecule has 0 saturated heterocycles. The fourth-order valence-corrected chi connectivity index (χ4v) is 3.66. The van der Waals surface area contributed by atoms with Crippen molar-refractivity contribution in [2.45, 2.75) is 12.2 Å². The smallest absolute Gasteiger partial charge is 0.200 e. The summed E-state index contributed by atoms with van der Waals surface area (Å²) in [7, 11) is 2.87. The molecule has 2 atom stereocenters. The number of ether oxygens (including phenoxy) is 4. The summed E-state index contributed by atoms with van der Waals surface area (Å²) in [5.41, 5.74) is 2.04. The molecule has 4 N–H and O–H groups in total. The highest BCUT2D eigenvalue weighted by atomic mass is 16.6. The molecular weight excluding hydrogens is 428 g/mol. The molecule has 0 amide bonds. The van der Waals surface area contributed by atoms with Crippen molar-refractivity contribution in [2.24, 2.45) is 0 Å². The van der Waals surface area contributed by atoms with Gasteiger partial charge in [0.2, 0.25) is 5.75 Å². The molecule has 4 rings (SSSR count). The third-order valence-electron chi connectivity index (χ3n) is 5.24. The molecule has 3 aromatic carbocycles. The van der Waals surface area contributed by atoms with Crippen LogP contribution in [0.2, 0.25) is 0 Å². The Hall–Kier alpha value is -4.04. The minimum Gasteiger partial charge on any atom is -0.508 e. The number of hydrogen-bond donors (Lipinski definition) is 4. The third kappa shape index (κ3) is 4.61. The summed E-state index contributed by atoms with van der Waals surface area (Å²) in [6.45, 7) is -0.307. The Balaban J connectivity index is 1.62. The van der Waals surface area contributed by atoms with E-state index < -0.39 is 12.2 Å². The SMILES string of the molecule is COc1cc([C@H]2Oc3ccc(/C=C/c4cc(O)cc(O)c4)cc3O[C@H]2CO)cc(OC)c1O. The number of fused-ring (bicyclic) bond motifs is 1. The molecule has 0 aliphatic carbocycles. The van der Waals surface area contributed by atoms with Gasteiger partial charge in [0.25, 0.3) is 0 Å². The Labute approximate surface area is 190 Å². The molecule has 0 saturated carbocycles. The van der Waals surface area contributed by atoms with E-state index in [0.29, 0.717) is 22.6 Å². The van der Waals surface area contributed by atoms with Crippen molar-refractivity contribution < 1.29 is 39.4 Å². The fourth-order valence-electron chi connectivity index (χ4n) is 3.66. The zero-order valence-electron chi connectivity index (χ0n) is 18.1. The number of benzene rings is 3. The van der Waals surface area contributed by atoms with Crippen LogP contribution in [0.15, 0.2) is 48.5 Å². The fraction of sp³-hybridized carbons (Fsp3) is 0.200. The third-order valence-corrected chi connectivity index (χ3v) is 5.24. The lowest BCUT2D eigenvalue weighted by Crippen LogP contribution is -2.36. The quantitative estimate of drug-likeness (QED) is 0.417. The molecule has 1 heterocycles. The van der Waals surface area contributed by atoms with E-state index in [-0.39, 0.29) is 35.4 Å². The Bertz CT molecular complexity index is 1140. The predicted molar refractivity (Wildman–Crippen MR) is 121 cm³/mol. The molecule has 0 unspecified atom stereocenters. The highest BCUT2D eigenvalue weighted by Gasteiger charge is 2.34. The summed E-state index contributed by atoms with van der Waals surface area (Å²) in [4.78, 5) is 0. The van der Waals surface area contributed by atoms with E-state index in [2.05, 4.69) is 0 Å². The molecule has 8 nitrogen and oxygen atoms in total. The van der Waals surface area contributed by atoms with E-state index in [1.165, 1.54) is 32.4 Å². The van der Waals surface area contributed by atoms with E-state index in [9.17, 15) is 20.4 Å². The molecule has 8 heteroatoms. The van der Waals surface area contributed by atoms with Gasteiger partial charge in [0.15, 0.2) is 35.2 Å². The number of methoxy groups -OCH3 is 2. The van der Waals surface area contributed by atoms with Crippen molar-refractivity contribution in [3.05, 3.63) is 65.2 Å². The largest absolute Gasteiger partial charge is 0.508 e. The van der Waals surface area contributed by atoms with E-state index >= 15 is 0 Å². The average Bonchev–Trinajstić information content (AvgIpc) is 2.81. The van der Waals surface area contributed by atoms with Crippen molar-refractivity contribution in [1.29, 1.82) is 0 Å². The minimum atomic E-state index is -0.710. The van der Waals surface area contributed by atoms with Crippen LogP contribution in [0, 0.1) is 0 Å². The monoisotopic (exact) mass is 452 g/mol. The molecule has 0 radical (unpaired) electrons. The second-order valence-electron chi connectivity index (χ2n) is 7.47. The van der Waals surface area contributed by atoms with E-state index in [1.807, 2.05) is 6.07 Å². The van der Waals surface area contributed by atoms with Crippen molar-refractivity contribution in [3.63, 3.8) is 0 Å². The first kappa shape index (κ1) is 22.2. The standard InChI is InChI=1S/C25H24O8/c1-30-21-10-16(11-22(31-2)24(21)29)25-23(13-26)32-20-9-14(5-6-19(20)33-25)3-4-15-7-17(27)12-18(28)8-15/h3-12,23,25-29H,13H2,1-2H3/b4-3+/t23-,25+/m0/s1.